The molecule has 50 heavy (non-hydrogen) atoms. The van der Waals surface area contributed by atoms with Gasteiger partial charge >= 0.3 is 0 Å². The number of halogens is 2. The topological polar surface area (TPSA) is 200 Å². The predicted octanol–water partition coefficient (Wildman–Crippen LogP) is 7.27. The highest BCUT2D eigenvalue weighted by molar-refractivity contribution is 9.10. The van der Waals surface area contributed by atoms with E-state index in [0.717, 1.165) is 0 Å². The molecule has 0 aromatic heterocycles. The van der Waals surface area contributed by atoms with Gasteiger partial charge in [-0.3, -0.25) is 28.8 Å². The number of ketones is 2. The summed E-state index contributed by atoms with van der Waals surface area (Å²) in [6.45, 7) is 9.29. The van der Waals surface area contributed by atoms with Crippen LogP contribution in [-0.4, -0.2) is 55.9 Å². The molecule has 0 aliphatic heterocycles. The number of hydrogen-bond donors (Lipinski definition) is 4. The van der Waals surface area contributed by atoms with Crippen LogP contribution in [0.4, 0.5) is 34.1 Å². The zero-order valence-electron chi connectivity index (χ0n) is 28.1. The number of hydrogen-bond acceptors (Lipinski definition) is 10. The molecule has 0 spiro atoms. The lowest BCUT2D eigenvalue weighted by Crippen LogP contribution is -2.32. The van der Waals surface area contributed by atoms with Crippen molar-refractivity contribution in [3.63, 3.8) is 0 Å². The Kier molecular flexibility index (Phi) is 13.5. The number of azo groups is 2. The third-order valence-corrected chi connectivity index (χ3v) is 7.31. The molecule has 0 saturated carbocycles. The maximum absolute atomic E-state index is 12.9. The molecule has 3 aromatic carbocycles. The van der Waals surface area contributed by atoms with Gasteiger partial charge in [-0.25, -0.2) is 0 Å². The highest BCUT2D eigenvalue weighted by Gasteiger charge is 2.26. The Bertz CT molecular complexity index is 1670. The van der Waals surface area contributed by atoms with E-state index in [9.17, 15) is 28.8 Å². The molecular weight excluding hydrogens is 776 g/mol. The summed E-state index contributed by atoms with van der Waals surface area (Å²) < 4.78 is -1.51. The molecule has 3 rings (SSSR count). The summed E-state index contributed by atoms with van der Waals surface area (Å²) in [6, 6.07) is 15.9. The summed E-state index contributed by atoms with van der Waals surface area (Å²) >= 11 is 6.59. The van der Waals surface area contributed by atoms with E-state index in [-0.39, 0.29) is 11.8 Å². The summed E-state index contributed by atoms with van der Waals surface area (Å²) in [7, 11) is 0. The lowest BCUT2D eigenvalue weighted by molar-refractivity contribution is -0.127. The predicted molar refractivity (Wildman–Crippen MR) is 198 cm³/mol. The van der Waals surface area contributed by atoms with Gasteiger partial charge in [-0.2, -0.15) is 20.5 Å². The van der Waals surface area contributed by atoms with Crippen LogP contribution in [0.15, 0.2) is 93.3 Å². The number of carbonyl (C=O) groups is 6. The number of anilines is 4. The Morgan fingerprint density at radius 3 is 1.02 bits per heavy atom. The van der Waals surface area contributed by atoms with Crippen molar-refractivity contribution in [2.45, 2.75) is 62.3 Å². The van der Waals surface area contributed by atoms with Gasteiger partial charge in [0.2, 0.25) is 23.9 Å². The van der Waals surface area contributed by atoms with Gasteiger partial charge in [0.1, 0.15) is 0 Å². The van der Waals surface area contributed by atoms with E-state index in [4.69, 9.17) is 0 Å². The lowest BCUT2D eigenvalue weighted by atomic mass is 10.2. The number of carbonyl (C=O) groups excluding carboxylic acids is 6. The van der Waals surface area contributed by atoms with E-state index in [1.807, 2.05) is 0 Å². The molecule has 0 fully saturated rings. The Balaban J connectivity index is 1.59. The maximum atomic E-state index is 12.9. The average Bonchev–Trinajstić information content (AvgIpc) is 3.02. The molecule has 0 saturated heterocycles. The summed E-state index contributed by atoms with van der Waals surface area (Å²) in [6.07, 6.45) is 0. The van der Waals surface area contributed by atoms with Crippen molar-refractivity contribution < 1.29 is 28.8 Å². The first-order valence-corrected chi connectivity index (χ1v) is 16.7. The van der Waals surface area contributed by atoms with E-state index in [1.54, 1.807) is 76.2 Å². The highest BCUT2D eigenvalue weighted by atomic mass is 79.9. The van der Waals surface area contributed by atoms with E-state index < -0.39 is 44.1 Å². The largest absolute Gasteiger partial charge is 0.325 e. The quantitative estimate of drug-likeness (QED) is 0.0749. The molecule has 0 aliphatic carbocycles. The Morgan fingerprint density at radius 1 is 0.500 bits per heavy atom. The molecule has 4 N–H and O–H groups in total. The minimum Gasteiger partial charge on any atom is -0.325 e. The van der Waals surface area contributed by atoms with Crippen LogP contribution in [-0.2, 0) is 28.8 Å². The van der Waals surface area contributed by atoms with E-state index in [1.165, 1.54) is 38.1 Å². The zero-order valence-corrected chi connectivity index (χ0v) is 31.2. The van der Waals surface area contributed by atoms with Crippen LogP contribution in [0.25, 0.3) is 0 Å². The van der Waals surface area contributed by atoms with Crippen LogP contribution in [0.5, 0.6) is 0 Å². The third kappa shape index (κ3) is 12.2. The molecule has 3 aromatic rings. The van der Waals surface area contributed by atoms with Gasteiger partial charge in [0, 0.05) is 22.7 Å². The molecule has 2 atom stereocenters. The number of amides is 4. The number of alkyl halides is 2. The minimum atomic E-state index is -1.43. The smallest absolute Gasteiger partial charge is 0.258 e. The van der Waals surface area contributed by atoms with E-state index >= 15 is 0 Å². The third-order valence-electron chi connectivity index (χ3n) is 6.59. The second-order valence-electron chi connectivity index (χ2n) is 12.0. The van der Waals surface area contributed by atoms with Crippen LogP contribution in [0, 0.1) is 0 Å². The van der Waals surface area contributed by atoms with Gasteiger partial charge in [-0.15, -0.1) is 0 Å². The van der Waals surface area contributed by atoms with Crippen molar-refractivity contribution in [3.8, 4) is 0 Å². The van der Waals surface area contributed by atoms with Crippen molar-refractivity contribution in [1.82, 2.24) is 0 Å². The zero-order chi connectivity index (χ0) is 37.2. The van der Waals surface area contributed by atoms with Crippen LogP contribution >= 0.6 is 31.9 Å². The molecule has 16 heteroatoms. The van der Waals surface area contributed by atoms with E-state index in [0.29, 0.717) is 34.1 Å². The Hall–Kier alpha value is -4.96. The Morgan fingerprint density at radius 2 is 0.760 bits per heavy atom. The molecule has 0 radical (unpaired) electrons. The average molecular weight is 813 g/mol. The highest BCUT2D eigenvalue weighted by Crippen LogP contribution is 2.24. The lowest BCUT2D eigenvalue weighted by Gasteiger charge is -2.15. The Labute approximate surface area is 305 Å². The molecular formula is C34H36Br2N8O6. The number of nitrogens with one attached hydrogen (secondary N) is 4. The summed E-state index contributed by atoms with van der Waals surface area (Å²) in [4.78, 5) is 74.5. The molecule has 262 valence electrons. The molecule has 0 heterocycles. The molecule has 0 bridgehead atoms. The fourth-order valence-electron chi connectivity index (χ4n) is 3.73. The van der Waals surface area contributed by atoms with Gasteiger partial charge in [-0.05, 0) is 114 Å². The van der Waals surface area contributed by atoms with Gasteiger partial charge in [0.25, 0.3) is 11.8 Å². The molecule has 4 amide bonds. The van der Waals surface area contributed by atoms with Gasteiger partial charge in [0.15, 0.2) is 11.6 Å². The van der Waals surface area contributed by atoms with Gasteiger partial charge in [-0.1, -0.05) is 31.9 Å². The van der Waals surface area contributed by atoms with Crippen LogP contribution in [0.1, 0.15) is 41.5 Å². The number of Topliss-reactive ketones (excluding diaryl/α,β-unsaturated/α-hetero) is 2. The fourth-order valence-corrected chi connectivity index (χ4v) is 3.92. The molecule has 2 unspecified atom stereocenters. The first kappa shape index (κ1) is 39.5. The van der Waals surface area contributed by atoms with Crippen molar-refractivity contribution in [2.75, 3.05) is 21.3 Å². The second kappa shape index (κ2) is 17.1. The second-order valence-corrected chi connectivity index (χ2v) is 15.9. The first-order valence-electron chi connectivity index (χ1n) is 15.1. The fraction of sp³-hybridized carbons (Fsp3) is 0.294. The number of rotatable bonds is 14. The number of nitrogens with zero attached hydrogens (tertiary/aromatic N) is 4. The summed E-state index contributed by atoms with van der Waals surface area (Å²) in [5, 5.41) is 26.5. The summed E-state index contributed by atoms with van der Waals surface area (Å²) in [5.74, 6) is -2.99. The van der Waals surface area contributed by atoms with Crippen molar-refractivity contribution in [1.29, 1.82) is 0 Å². The molecule has 0 aliphatic rings. The summed E-state index contributed by atoms with van der Waals surface area (Å²) in [5.41, 5.74) is 2.42. The van der Waals surface area contributed by atoms with Crippen molar-refractivity contribution >= 4 is 101 Å². The van der Waals surface area contributed by atoms with Crippen molar-refractivity contribution in [2.24, 2.45) is 20.5 Å². The van der Waals surface area contributed by atoms with Gasteiger partial charge in [0.05, 0.1) is 20.0 Å². The normalized spacial score (nSPS) is 13.0. The molecule has 14 nitrogen and oxygen atoms in total. The first-order chi connectivity index (χ1) is 23.3. The van der Waals surface area contributed by atoms with Crippen LogP contribution in [0.2, 0.25) is 0 Å². The minimum absolute atomic E-state index is 0.236. The monoisotopic (exact) mass is 810 g/mol. The van der Waals surface area contributed by atoms with Gasteiger partial charge < -0.3 is 21.3 Å². The van der Waals surface area contributed by atoms with Crippen LogP contribution < -0.4 is 21.3 Å². The van der Waals surface area contributed by atoms with E-state index in [2.05, 4.69) is 73.6 Å². The SMILES string of the molecule is CC(=O)C(N=Nc1ccc(NC(=O)C(C)(C)Br)cc1)C(=O)Nc1ccc(NC(=O)C(N=Nc2ccc(NC(=O)C(C)(C)Br)cc2)C(C)=O)cc1. The van der Waals surface area contributed by atoms with Crippen LogP contribution in [0.3, 0.4) is 0 Å². The maximum Gasteiger partial charge on any atom is 0.258 e. The number of benzene rings is 3. The standard InChI is InChI=1S/C34H36Br2N8O6/c1-19(45)27(43-41-25-15-11-23(12-16-25)39-31(49)33(3,4)35)29(47)37-21-7-9-22(10-8-21)38-30(48)28(20(2)46)44-42-26-17-13-24(14-18-26)40-32(50)34(5,6)36/h7-18,27-28H,1-6H3,(H,37,47)(H,38,48)(H,39,49)(H,40,50). The van der Waals surface area contributed by atoms with Crippen molar-refractivity contribution in [3.05, 3.63) is 72.8 Å².